The van der Waals surface area contributed by atoms with E-state index in [9.17, 15) is 0 Å². The van der Waals surface area contributed by atoms with Gasteiger partial charge < -0.3 is 64.5 Å². The van der Waals surface area contributed by atoms with Crippen LogP contribution >= 0.6 is 0 Å². The Morgan fingerprint density at radius 3 is 0.228 bits per heavy atom. The first kappa shape index (κ1) is 87.8. The lowest BCUT2D eigenvalue weighted by Gasteiger charge is -2.35. The van der Waals surface area contributed by atoms with Crippen LogP contribution in [0.1, 0.15) is 145 Å². The normalized spacial score (nSPS) is 9.32. The van der Waals surface area contributed by atoms with Gasteiger partial charge in [0.1, 0.15) is 139 Å². The zero-order valence-electron chi connectivity index (χ0n) is 42.0. The topological polar surface area (TPSA) is 88.1 Å². The average Bonchev–Trinajstić information content (AvgIpc) is 3.18. The van der Waals surface area contributed by atoms with E-state index in [2.05, 4.69) is 176 Å². The molecule has 0 amide bonds. The van der Waals surface area contributed by atoms with Crippen LogP contribution in [0.5, 0.6) is 0 Å². The Hall–Kier alpha value is -0.615. The highest BCUT2D eigenvalue weighted by molar-refractivity contribution is 6.24. The first-order valence-corrected chi connectivity index (χ1v) is 21.6. The van der Waals surface area contributed by atoms with Crippen LogP contribution in [0.2, 0.25) is 0 Å². The quantitative estimate of drug-likeness (QED) is 0.0662. The molecule has 57 heavy (non-hydrogen) atoms. The van der Waals surface area contributed by atoms with Gasteiger partial charge in [-0.15, -0.1) is 0 Å². The number of halogens is 4. The van der Waals surface area contributed by atoms with Gasteiger partial charge in [-0.1, -0.05) is 0 Å². The number of hydrogen-bond acceptors (Lipinski definition) is 3. The van der Waals surface area contributed by atoms with Gasteiger partial charge in [-0.2, -0.15) is 0 Å². The van der Waals surface area contributed by atoms with Crippen LogP contribution < -0.4 is 33.9 Å². The standard InChI is InChI=1S/7C6H15O.BO3.4FH/c7*1-4-7(5-2)6-3;2-1(3)4;;;;/h7*4-6H2,1-3H3;;4*1H/q7*+1;-3;;;;/p-4. The van der Waals surface area contributed by atoms with Crippen molar-refractivity contribution < 1.29 is 64.5 Å². The zero-order chi connectivity index (χ0) is 43.5. The molecule has 0 saturated carbocycles. The molecule has 0 aliphatic rings. The summed E-state index contributed by atoms with van der Waals surface area (Å²) in [6.45, 7) is 68.3. The van der Waals surface area contributed by atoms with E-state index in [-0.39, 0.29) is 18.8 Å². The van der Waals surface area contributed by atoms with Crippen LogP contribution in [0.25, 0.3) is 0 Å². The molecule has 0 aromatic rings. The van der Waals surface area contributed by atoms with Gasteiger partial charge in [-0.05, 0) is 0 Å². The van der Waals surface area contributed by atoms with Gasteiger partial charge in [0.25, 0.3) is 0 Å². The summed E-state index contributed by atoms with van der Waals surface area (Å²) in [5.41, 5.74) is 0. The summed E-state index contributed by atoms with van der Waals surface area (Å²) in [7, 11) is -2.92. The van der Waals surface area contributed by atoms with Crippen LogP contribution in [-0.4, -0.2) is 146 Å². The van der Waals surface area contributed by atoms with E-state index >= 15 is 0 Å². The molecule has 0 aromatic heterocycles. The fraction of sp³-hybridized carbons (Fsp3) is 1.00. The van der Waals surface area contributed by atoms with Gasteiger partial charge in [-0.3, -0.25) is 7.32 Å². The Bertz CT molecular complexity index is 370. The maximum Gasteiger partial charge on any atom is 0.142 e. The smallest absolute Gasteiger partial charge is 0.142 e. The van der Waals surface area contributed by atoms with Gasteiger partial charge in [0, 0.05) is 145 Å². The van der Waals surface area contributed by atoms with Crippen LogP contribution in [0.3, 0.4) is 0 Å². The van der Waals surface area contributed by atoms with E-state index in [1.165, 1.54) is 0 Å². The van der Waals surface area contributed by atoms with Crippen LogP contribution in [0.15, 0.2) is 0 Å². The molecule has 0 bridgehead atoms. The molecule has 0 rings (SSSR count). The monoisotopic (exact) mass is 857 g/mol. The molecule has 0 radical (unpaired) electrons. The fourth-order valence-corrected chi connectivity index (χ4v) is 4.29. The zero-order valence-corrected chi connectivity index (χ0v) is 42.0. The second-order valence-corrected chi connectivity index (χ2v) is 10.6. The second kappa shape index (κ2) is 83.2. The maximum absolute atomic E-state index is 8.42. The highest BCUT2D eigenvalue weighted by Crippen LogP contribution is 1.94. The molecular formula is C42H105BF4O10. The largest absolute Gasteiger partial charge is 1.00 e. The minimum atomic E-state index is -2.92. The second-order valence-electron chi connectivity index (χ2n) is 10.6. The summed E-state index contributed by atoms with van der Waals surface area (Å²) < 4.78 is 21.5. The molecule has 0 fully saturated rings. The molecule has 364 valence electrons. The third kappa shape index (κ3) is 92.2. The Balaban J connectivity index is -0.0000000403. The van der Waals surface area contributed by atoms with Crippen molar-refractivity contribution in [2.75, 3.05) is 139 Å². The molecule has 0 spiro atoms. The Morgan fingerprint density at radius 2 is 0.228 bits per heavy atom. The van der Waals surface area contributed by atoms with Crippen molar-refractivity contribution in [3.63, 3.8) is 0 Å². The summed E-state index contributed by atoms with van der Waals surface area (Å²) in [5.74, 6) is 0. The Labute approximate surface area is 355 Å². The van der Waals surface area contributed by atoms with Crippen molar-refractivity contribution in [3.05, 3.63) is 0 Å². The lowest BCUT2D eigenvalue weighted by Crippen LogP contribution is -3.00. The molecule has 0 aromatic carbocycles. The summed E-state index contributed by atoms with van der Waals surface area (Å²) in [5, 5.41) is 25.2. The Morgan fingerprint density at radius 1 is 0.193 bits per heavy atom. The summed E-state index contributed by atoms with van der Waals surface area (Å²) >= 11 is 0. The van der Waals surface area contributed by atoms with Gasteiger partial charge in [-0.25, -0.2) is 0 Å². The summed E-state index contributed by atoms with van der Waals surface area (Å²) in [6, 6.07) is 0. The van der Waals surface area contributed by atoms with Crippen LogP contribution in [0, 0.1) is 0 Å². The third-order valence-electron chi connectivity index (χ3n) is 8.57. The Kier molecular flexibility index (Phi) is 128. The van der Waals surface area contributed by atoms with Crippen LogP contribution in [0.4, 0.5) is 0 Å². The van der Waals surface area contributed by atoms with Crippen molar-refractivity contribution in [2.24, 2.45) is 0 Å². The van der Waals surface area contributed by atoms with E-state index in [0.717, 1.165) is 139 Å². The maximum atomic E-state index is 8.42. The van der Waals surface area contributed by atoms with Crippen molar-refractivity contribution in [3.8, 4) is 0 Å². The first-order valence-electron chi connectivity index (χ1n) is 21.6. The van der Waals surface area contributed by atoms with Crippen LogP contribution in [-0.2, 0) is 30.6 Å². The molecule has 0 heterocycles. The third-order valence-corrected chi connectivity index (χ3v) is 8.57. The molecule has 10 nitrogen and oxygen atoms in total. The predicted molar refractivity (Wildman–Crippen MR) is 235 cm³/mol. The molecule has 0 aliphatic heterocycles. The van der Waals surface area contributed by atoms with Crippen molar-refractivity contribution >= 4 is 7.32 Å². The number of rotatable bonds is 21. The number of hydrogen-bond donors (Lipinski definition) is 0. The summed E-state index contributed by atoms with van der Waals surface area (Å²) in [6.07, 6.45) is 0. The van der Waals surface area contributed by atoms with Gasteiger partial charge in [0.05, 0.1) is 0 Å². The highest BCUT2D eigenvalue weighted by Gasteiger charge is 1.98. The van der Waals surface area contributed by atoms with Crippen molar-refractivity contribution in [2.45, 2.75) is 145 Å². The lowest BCUT2D eigenvalue weighted by molar-refractivity contribution is -0.479. The summed E-state index contributed by atoms with van der Waals surface area (Å²) in [4.78, 5) is 0. The molecule has 0 unspecified atom stereocenters. The molecule has 0 aliphatic carbocycles. The SMILES string of the molecule is CC[O+](CC)CC.CC[O+](CC)CC.CC[O+](CC)CC.CC[O+](CC)CC.CC[O+](CC)CC.CC[O+](CC)CC.CC[O+](CC)CC.[F-].[F-].[F-].[F-].[O-]B([O-])[O-]. The lowest BCUT2D eigenvalue weighted by atomic mass is 10.3. The molecule has 0 N–H and O–H groups in total. The highest BCUT2D eigenvalue weighted by atomic mass is 19.0. The van der Waals surface area contributed by atoms with Gasteiger partial charge in [0.2, 0.25) is 0 Å². The van der Waals surface area contributed by atoms with E-state index in [1.807, 2.05) is 0 Å². The van der Waals surface area contributed by atoms with E-state index in [1.54, 1.807) is 0 Å². The molecule has 15 heteroatoms. The fourth-order valence-electron chi connectivity index (χ4n) is 4.29. The molecule has 0 saturated heterocycles. The minimum Gasteiger partial charge on any atom is -1.00 e. The van der Waals surface area contributed by atoms with Gasteiger partial charge >= 0.3 is 0 Å². The first-order chi connectivity index (χ1) is 25.2. The van der Waals surface area contributed by atoms with Crippen molar-refractivity contribution in [1.29, 1.82) is 0 Å². The molecule has 0 atom stereocenters. The van der Waals surface area contributed by atoms with E-state index in [0.29, 0.717) is 0 Å². The predicted octanol–water partition coefficient (Wildman–Crippen LogP) is -4.74. The van der Waals surface area contributed by atoms with E-state index in [4.69, 9.17) is 15.1 Å². The minimum absolute atomic E-state index is 0. The van der Waals surface area contributed by atoms with Gasteiger partial charge in [0.15, 0.2) is 0 Å². The van der Waals surface area contributed by atoms with Crippen molar-refractivity contribution in [1.82, 2.24) is 0 Å². The molecular weight excluding hydrogens is 751 g/mol. The average molecular weight is 857 g/mol. The van der Waals surface area contributed by atoms with E-state index < -0.39 is 7.32 Å².